The molecule has 1 aliphatic heterocycles. The highest BCUT2D eigenvalue weighted by Gasteiger charge is 2.32. The number of anilines is 1. The van der Waals surface area contributed by atoms with Crippen molar-refractivity contribution in [2.75, 3.05) is 31.1 Å². The van der Waals surface area contributed by atoms with Gasteiger partial charge in [0, 0.05) is 31.2 Å². The molecule has 0 N–H and O–H groups in total. The molecule has 4 heterocycles. The lowest BCUT2D eigenvalue weighted by Crippen LogP contribution is -2.48. The third-order valence-electron chi connectivity index (χ3n) is 6.12. The molecule has 1 fully saturated rings. The second-order valence-corrected chi connectivity index (χ2v) is 9.60. The molecule has 0 bridgehead atoms. The molecule has 34 heavy (non-hydrogen) atoms. The Bertz CT molecular complexity index is 1360. The Balaban J connectivity index is 1.29. The Morgan fingerprint density at radius 2 is 1.79 bits per heavy atom. The monoisotopic (exact) mass is 491 g/mol. The molecule has 0 aliphatic carbocycles. The smallest absolute Gasteiger partial charge is 0.186 e. The molecule has 3 aromatic heterocycles. The average Bonchev–Trinajstić information content (AvgIpc) is 3.63. The van der Waals surface area contributed by atoms with E-state index in [0.29, 0.717) is 11.6 Å². The van der Waals surface area contributed by atoms with E-state index < -0.39 is 0 Å². The number of fused-ring (bicyclic) bond motifs is 1. The minimum absolute atomic E-state index is 0.170. The van der Waals surface area contributed by atoms with E-state index in [9.17, 15) is 0 Å². The van der Waals surface area contributed by atoms with Crippen LogP contribution >= 0.6 is 22.9 Å². The van der Waals surface area contributed by atoms with Crippen LogP contribution < -0.4 is 4.90 Å². The van der Waals surface area contributed by atoms with Crippen molar-refractivity contribution in [1.82, 2.24) is 30.1 Å². The molecular formula is C24H22ClN7OS. The van der Waals surface area contributed by atoms with Crippen molar-refractivity contribution in [2.24, 2.45) is 0 Å². The van der Waals surface area contributed by atoms with E-state index in [1.165, 1.54) is 4.70 Å². The topological polar surface area (TPSA) is 76.1 Å². The van der Waals surface area contributed by atoms with Gasteiger partial charge < -0.3 is 9.32 Å². The number of furan rings is 1. The Morgan fingerprint density at radius 3 is 2.59 bits per heavy atom. The summed E-state index contributed by atoms with van der Waals surface area (Å²) in [6, 6.07) is 19.8. The van der Waals surface area contributed by atoms with E-state index in [2.05, 4.69) is 49.6 Å². The first-order chi connectivity index (χ1) is 16.8. The summed E-state index contributed by atoms with van der Waals surface area (Å²) in [4.78, 5) is 9.60. The summed E-state index contributed by atoms with van der Waals surface area (Å²) in [5, 5.41) is 14.5. The molecule has 10 heteroatoms. The summed E-state index contributed by atoms with van der Waals surface area (Å²) in [7, 11) is 0. The van der Waals surface area contributed by atoms with Crippen LogP contribution in [0.4, 0.5) is 5.13 Å². The van der Waals surface area contributed by atoms with Gasteiger partial charge >= 0.3 is 0 Å². The van der Waals surface area contributed by atoms with Crippen molar-refractivity contribution in [3.63, 3.8) is 0 Å². The highest BCUT2D eigenvalue weighted by molar-refractivity contribution is 7.22. The maximum Gasteiger partial charge on any atom is 0.186 e. The van der Waals surface area contributed by atoms with Gasteiger partial charge in [0.25, 0.3) is 0 Å². The van der Waals surface area contributed by atoms with Crippen molar-refractivity contribution in [2.45, 2.75) is 12.6 Å². The predicted molar refractivity (Wildman–Crippen MR) is 132 cm³/mol. The van der Waals surface area contributed by atoms with Gasteiger partial charge in [-0.2, -0.15) is 0 Å². The van der Waals surface area contributed by atoms with Gasteiger partial charge in [-0.1, -0.05) is 53.3 Å². The van der Waals surface area contributed by atoms with Gasteiger partial charge in [0.05, 0.1) is 22.5 Å². The van der Waals surface area contributed by atoms with E-state index in [1.807, 2.05) is 36.4 Å². The van der Waals surface area contributed by atoms with Crippen LogP contribution in [-0.4, -0.2) is 56.3 Å². The van der Waals surface area contributed by atoms with Gasteiger partial charge in [-0.15, -0.1) is 5.10 Å². The number of benzene rings is 2. The van der Waals surface area contributed by atoms with E-state index in [-0.39, 0.29) is 6.04 Å². The summed E-state index contributed by atoms with van der Waals surface area (Å²) in [5.74, 6) is 1.55. The molecule has 0 radical (unpaired) electrons. The summed E-state index contributed by atoms with van der Waals surface area (Å²) in [6.45, 7) is 3.85. The van der Waals surface area contributed by atoms with Crippen LogP contribution in [0.25, 0.3) is 10.2 Å². The molecule has 1 saturated heterocycles. The molecule has 2 aromatic carbocycles. The van der Waals surface area contributed by atoms with Gasteiger partial charge in [-0.25, -0.2) is 9.67 Å². The number of piperazine rings is 1. The van der Waals surface area contributed by atoms with Crippen LogP contribution in [0.5, 0.6) is 0 Å². The van der Waals surface area contributed by atoms with Gasteiger partial charge in [0.1, 0.15) is 12.3 Å². The molecule has 1 aliphatic rings. The summed E-state index contributed by atoms with van der Waals surface area (Å²) < 4.78 is 8.55. The van der Waals surface area contributed by atoms with Crippen molar-refractivity contribution >= 4 is 38.3 Å². The number of hydrogen-bond donors (Lipinski definition) is 0. The predicted octanol–water partition coefficient (Wildman–Crippen LogP) is 4.49. The van der Waals surface area contributed by atoms with Gasteiger partial charge in [-0.3, -0.25) is 4.90 Å². The van der Waals surface area contributed by atoms with Gasteiger partial charge in [0.2, 0.25) is 0 Å². The van der Waals surface area contributed by atoms with Crippen molar-refractivity contribution < 1.29 is 4.42 Å². The Morgan fingerprint density at radius 1 is 0.971 bits per heavy atom. The number of hydrogen-bond acceptors (Lipinski definition) is 8. The molecule has 1 unspecified atom stereocenters. The number of thiazole rings is 1. The Labute approximate surface area is 205 Å². The lowest BCUT2D eigenvalue weighted by molar-refractivity contribution is 0.201. The summed E-state index contributed by atoms with van der Waals surface area (Å²) >= 11 is 8.42. The summed E-state index contributed by atoms with van der Waals surface area (Å²) in [5.41, 5.74) is 2.05. The first kappa shape index (κ1) is 21.3. The zero-order valence-corrected chi connectivity index (χ0v) is 19.9. The number of aromatic nitrogens is 5. The van der Waals surface area contributed by atoms with Crippen LogP contribution in [0, 0.1) is 0 Å². The van der Waals surface area contributed by atoms with Crippen LogP contribution in [-0.2, 0) is 6.54 Å². The minimum Gasteiger partial charge on any atom is -0.467 e. The summed E-state index contributed by atoms with van der Waals surface area (Å²) in [6.07, 6.45) is 1.66. The Hall–Kier alpha value is -3.27. The van der Waals surface area contributed by atoms with Crippen LogP contribution in [0.15, 0.2) is 71.3 Å². The SMILES string of the molecule is Clc1ccccc1C(c1nnnn1Cc1ccco1)N1CCN(c2nc3ccccc3s2)CC1. The number of halogens is 1. The zero-order chi connectivity index (χ0) is 22.9. The quantitative estimate of drug-likeness (QED) is 0.346. The van der Waals surface area contributed by atoms with Crippen molar-refractivity contribution in [3.05, 3.63) is 89.1 Å². The third kappa shape index (κ3) is 4.06. The van der Waals surface area contributed by atoms with Crippen LogP contribution in [0.3, 0.4) is 0 Å². The van der Waals surface area contributed by atoms with Crippen molar-refractivity contribution in [3.8, 4) is 0 Å². The molecular weight excluding hydrogens is 470 g/mol. The molecule has 0 amide bonds. The Kier molecular flexibility index (Phi) is 5.74. The molecule has 172 valence electrons. The largest absolute Gasteiger partial charge is 0.467 e. The number of nitrogens with zero attached hydrogens (tertiary/aromatic N) is 7. The standard InChI is InChI=1S/C24H22ClN7OS/c25-19-8-2-1-7-18(19)22(23-27-28-29-32(23)16-17-6-5-15-33-17)30-11-13-31(14-12-30)24-26-20-9-3-4-10-21(20)34-24/h1-10,15,22H,11-14,16H2. The number of tetrazole rings is 1. The maximum atomic E-state index is 6.68. The van der Waals surface area contributed by atoms with Crippen LogP contribution in [0.2, 0.25) is 5.02 Å². The fourth-order valence-electron chi connectivity index (χ4n) is 4.43. The second kappa shape index (κ2) is 9.17. The van der Waals surface area contributed by atoms with E-state index >= 15 is 0 Å². The van der Waals surface area contributed by atoms with Gasteiger partial charge in [-0.05, 0) is 46.3 Å². The molecule has 1 atom stereocenters. The molecule has 0 spiro atoms. The molecule has 0 saturated carbocycles. The second-order valence-electron chi connectivity index (χ2n) is 8.19. The normalized spacial score (nSPS) is 15.7. The minimum atomic E-state index is -0.170. The third-order valence-corrected chi connectivity index (χ3v) is 7.56. The lowest BCUT2D eigenvalue weighted by Gasteiger charge is -2.39. The lowest BCUT2D eigenvalue weighted by atomic mass is 10.0. The molecule has 6 rings (SSSR count). The molecule has 5 aromatic rings. The number of rotatable bonds is 6. The first-order valence-electron chi connectivity index (χ1n) is 11.1. The van der Waals surface area contributed by atoms with Gasteiger partial charge in [0.15, 0.2) is 11.0 Å². The van der Waals surface area contributed by atoms with Crippen LogP contribution in [0.1, 0.15) is 23.2 Å². The fraction of sp³-hybridized carbons (Fsp3) is 0.250. The average molecular weight is 492 g/mol. The fourth-order valence-corrected chi connectivity index (χ4v) is 5.69. The zero-order valence-electron chi connectivity index (χ0n) is 18.3. The highest BCUT2D eigenvalue weighted by Crippen LogP contribution is 2.35. The first-order valence-corrected chi connectivity index (χ1v) is 12.3. The molecule has 8 nitrogen and oxygen atoms in total. The van der Waals surface area contributed by atoms with E-state index in [4.69, 9.17) is 21.0 Å². The van der Waals surface area contributed by atoms with Crippen molar-refractivity contribution in [1.29, 1.82) is 0 Å². The maximum absolute atomic E-state index is 6.68. The highest BCUT2D eigenvalue weighted by atomic mass is 35.5. The van der Waals surface area contributed by atoms with E-state index in [0.717, 1.165) is 54.0 Å². The number of para-hydroxylation sites is 1. The van der Waals surface area contributed by atoms with E-state index in [1.54, 1.807) is 22.3 Å².